The zero-order valence-corrected chi connectivity index (χ0v) is 12.7. The lowest BCUT2D eigenvalue weighted by atomic mass is 9.97. The highest BCUT2D eigenvalue weighted by atomic mass is 16.5. The van der Waals surface area contributed by atoms with Gasteiger partial charge in [-0.3, -0.25) is 4.98 Å². The molecular formula is C15H22N2O3. The van der Waals surface area contributed by atoms with Gasteiger partial charge in [-0.2, -0.15) is 0 Å². The molecule has 5 nitrogen and oxygen atoms in total. The second kappa shape index (κ2) is 4.74. The number of morpholine rings is 1. The van der Waals surface area contributed by atoms with E-state index in [1.807, 2.05) is 40.7 Å². The third kappa shape index (κ3) is 3.10. The van der Waals surface area contributed by atoms with E-state index in [9.17, 15) is 9.90 Å². The van der Waals surface area contributed by atoms with Crippen LogP contribution < -0.4 is 4.90 Å². The molecule has 1 aliphatic heterocycles. The minimum absolute atomic E-state index is 0.240. The number of aryl methyl sites for hydroxylation is 1. The Morgan fingerprint density at radius 2 is 1.85 bits per heavy atom. The summed E-state index contributed by atoms with van der Waals surface area (Å²) < 4.78 is 6.04. The summed E-state index contributed by atoms with van der Waals surface area (Å²) in [7, 11) is 0. The average molecular weight is 278 g/mol. The van der Waals surface area contributed by atoms with Gasteiger partial charge in [0.1, 0.15) is 5.56 Å². The van der Waals surface area contributed by atoms with Gasteiger partial charge in [0.05, 0.1) is 16.9 Å². The van der Waals surface area contributed by atoms with Gasteiger partial charge in [0.2, 0.25) is 0 Å². The lowest BCUT2D eigenvalue weighted by Crippen LogP contribution is -2.57. The molecule has 0 bridgehead atoms. The number of carbonyl (C=O) groups is 1. The van der Waals surface area contributed by atoms with Gasteiger partial charge < -0.3 is 14.7 Å². The first-order chi connectivity index (χ1) is 9.10. The summed E-state index contributed by atoms with van der Waals surface area (Å²) in [6.07, 6.45) is 1.43. The molecule has 1 aromatic heterocycles. The quantitative estimate of drug-likeness (QED) is 0.900. The summed E-state index contributed by atoms with van der Waals surface area (Å²) in [4.78, 5) is 17.6. The number of rotatable bonds is 2. The zero-order chi connectivity index (χ0) is 15.1. The molecule has 1 fully saturated rings. The van der Waals surface area contributed by atoms with E-state index in [0.29, 0.717) is 13.1 Å². The molecule has 1 aliphatic rings. The van der Waals surface area contributed by atoms with Crippen LogP contribution in [0.25, 0.3) is 0 Å². The monoisotopic (exact) mass is 278 g/mol. The fourth-order valence-electron chi connectivity index (χ4n) is 2.93. The van der Waals surface area contributed by atoms with E-state index in [0.717, 1.165) is 11.4 Å². The number of hydrogen-bond donors (Lipinski definition) is 1. The molecule has 0 radical (unpaired) electrons. The molecule has 0 aromatic carbocycles. The molecule has 0 amide bonds. The highest BCUT2D eigenvalue weighted by Crippen LogP contribution is 2.33. The Morgan fingerprint density at radius 3 is 2.35 bits per heavy atom. The molecule has 0 atom stereocenters. The van der Waals surface area contributed by atoms with E-state index >= 15 is 0 Å². The summed E-state index contributed by atoms with van der Waals surface area (Å²) >= 11 is 0. The maximum absolute atomic E-state index is 11.4. The lowest BCUT2D eigenvalue weighted by molar-refractivity contribution is -0.133. The number of carboxylic acid groups (broad SMARTS) is 1. The number of anilines is 1. The average Bonchev–Trinajstić information content (AvgIpc) is 2.24. The van der Waals surface area contributed by atoms with Gasteiger partial charge in [0.15, 0.2) is 0 Å². The molecular weight excluding hydrogens is 256 g/mol. The van der Waals surface area contributed by atoms with Crippen molar-refractivity contribution in [3.05, 3.63) is 23.5 Å². The predicted molar refractivity (Wildman–Crippen MR) is 77.4 cm³/mol. The molecule has 110 valence electrons. The molecule has 20 heavy (non-hydrogen) atoms. The second-order valence-corrected chi connectivity index (χ2v) is 6.63. The molecule has 0 unspecified atom stereocenters. The molecule has 2 heterocycles. The third-order valence-electron chi connectivity index (χ3n) is 3.29. The first-order valence-electron chi connectivity index (χ1n) is 6.75. The van der Waals surface area contributed by atoms with E-state index in [2.05, 4.69) is 9.88 Å². The Labute approximate surface area is 119 Å². The van der Waals surface area contributed by atoms with Crippen LogP contribution in [0.1, 0.15) is 43.7 Å². The van der Waals surface area contributed by atoms with Crippen LogP contribution in [0.2, 0.25) is 0 Å². The largest absolute Gasteiger partial charge is 0.478 e. The normalized spacial score (nSPS) is 20.8. The van der Waals surface area contributed by atoms with E-state index < -0.39 is 5.97 Å². The van der Waals surface area contributed by atoms with Crippen LogP contribution in [-0.2, 0) is 4.74 Å². The van der Waals surface area contributed by atoms with Gasteiger partial charge >= 0.3 is 5.97 Å². The number of aromatic nitrogens is 1. The van der Waals surface area contributed by atoms with Crippen molar-refractivity contribution in [3.8, 4) is 0 Å². The second-order valence-electron chi connectivity index (χ2n) is 6.63. The van der Waals surface area contributed by atoms with Gasteiger partial charge in [0, 0.05) is 25.0 Å². The number of aromatic carboxylic acids is 1. The minimum Gasteiger partial charge on any atom is -0.478 e. The molecule has 0 saturated carbocycles. The van der Waals surface area contributed by atoms with Gasteiger partial charge in [-0.05, 0) is 40.7 Å². The van der Waals surface area contributed by atoms with Crippen LogP contribution in [0.3, 0.4) is 0 Å². The standard InChI is InChI=1S/C15H22N2O3/c1-10-6-12(11(7-16-10)13(18)19)17-8-14(2,3)20-15(4,5)9-17/h6-7H,8-9H2,1-5H3,(H,18,19). The van der Waals surface area contributed by atoms with E-state index in [-0.39, 0.29) is 16.8 Å². The Hall–Kier alpha value is -1.62. The van der Waals surface area contributed by atoms with Crippen molar-refractivity contribution >= 4 is 11.7 Å². The smallest absolute Gasteiger partial charge is 0.339 e. The van der Waals surface area contributed by atoms with Crippen molar-refractivity contribution in [2.24, 2.45) is 0 Å². The Bertz CT molecular complexity index is 522. The maximum Gasteiger partial charge on any atom is 0.339 e. The highest BCUT2D eigenvalue weighted by Gasteiger charge is 2.39. The predicted octanol–water partition coefficient (Wildman–Crippen LogP) is 2.48. The van der Waals surface area contributed by atoms with Gasteiger partial charge in [0.25, 0.3) is 0 Å². The van der Waals surface area contributed by atoms with Crippen LogP contribution >= 0.6 is 0 Å². The van der Waals surface area contributed by atoms with Crippen molar-refractivity contribution in [3.63, 3.8) is 0 Å². The third-order valence-corrected chi connectivity index (χ3v) is 3.29. The number of ether oxygens (including phenoxy) is 1. The topological polar surface area (TPSA) is 62.7 Å². The molecule has 2 rings (SSSR count). The summed E-state index contributed by atoms with van der Waals surface area (Å²) in [5.41, 5.74) is 1.12. The van der Waals surface area contributed by atoms with Gasteiger partial charge in [-0.1, -0.05) is 0 Å². The maximum atomic E-state index is 11.4. The van der Waals surface area contributed by atoms with Crippen LogP contribution in [-0.4, -0.2) is 40.4 Å². The van der Waals surface area contributed by atoms with Crippen molar-refractivity contribution in [1.82, 2.24) is 4.98 Å². The molecule has 1 aromatic rings. The SMILES string of the molecule is Cc1cc(N2CC(C)(C)OC(C)(C)C2)c(C(=O)O)cn1. The first kappa shape index (κ1) is 14.8. The Kier molecular flexibility index (Phi) is 3.50. The van der Waals surface area contributed by atoms with Gasteiger partial charge in [-0.15, -0.1) is 0 Å². The van der Waals surface area contributed by atoms with E-state index in [4.69, 9.17) is 4.74 Å². The summed E-state index contributed by atoms with van der Waals surface area (Å²) in [5.74, 6) is -0.949. The van der Waals surface area contributed by atoms with Crippen LogP contribution in [0.15, 0.2) is 12.3 Å². The van der Waals surface area contributed by atoms with E-state index in [1.165, 1.54) is 6.20 Å². The number of hydrogen-bond acceptors (Lipinski definition) is 4. The number of pyridine rings is 1. The zero-order valence-electron chi connectivity index (χ0n) is 12.7. The van der Waals surface area contributed by atoms with Crippen LogP contribution in [0.4, 0.5) is 5.69 Å². The van der Waals surface area contributed by atoms with Crippen molar-refractivity contribution in [1.29, 1.82) is 0 Å². The fraction of sp³-hybridized carbons (Fsp3) is 0.600. The summed E-state index contributed by atoms with van der Waals surface area (Å²) in [6.45, 7) is 11.3. The van der Waals surface area contributed by atoms with Crippen molar-refractivity contribution < 1.29 is 14.6 Å². The molecule has 5 heteroatoms. The first-order valence-corrected chi connectivity index (χ1v) is 6.75. The molecule has 0 aliphatic carbocycles. The molecule has 1 saturated heterocycles. The number of nitrogens with zero attached hydrogens (tertiary/aromatic N) is 2. The minimum atomic E-state index is -0.949. The number of carboxylic acids is 1. The van der Waals surface area contributed by atoms with Crippen LogP contribution in [0.5, 0.6) is 0 Å². The summed E-state index contributed by atoms with van der Waals surface area (Å²) in [6, 6.07) is 1.83. The summed E-state index contributed by atoms with van der Waals surface area (Å²) in [5, 5.41) is 9.35. The highest BCUT2D eigenvalue weighted by molar-refractivity contribution is 5.94. The van der Waals surface area contributed by atoms with Crippen molar-refractivity contribution in [2.45, 2.75) is 45.8 Å². The molecule has 0 spiro atoms. The Morgan fingerprint density at radius 1 is 1.30 bits per heavy atom. The Balaban J connectivity index is 2.45. The fourth-order valence-corrected chi connectivity index (χ4v) is 2.93. The van der Waals surface area contributed by atoms with Gasteiger partial charge in [-0.25, -0.2) is 4.79 Å². The van der Waals surface area contributed by atoms with Crippen molar-refractivity contribution in [2.75, 3.05) is 18.0 Å². The lowest BCUT2D eigenvalue weighted by Gasteiger charge is -2.48. The molecule has 1 N–H and O–H groups in total. The van der Waals surface area contributed by atoms with E-state index in [1.54, 1.807) is 0 Å². The van der Waals surface area contributed by atoms with Crippen LogP contribution in [0, 0.1) is 6.92 Å².